The van der Waals surface area contributed by atoms with E-state index in [0.717, 1.165) is 70.3 Å². The predicted molar refractivity (Wildman–Crippen MR) is 224 cm³/mol. The molecule has 7 aromatic rings. The van der Waals surface area contributed by atoms with Crippen LogP contribution in [0.1, 0.15) is 49.5 Å². The molecule has 14 nitrogen and oxygen atoms in total. The number of hydrogen-bond donors (Lipinski definition) is 3. The molecular formula is C44H44FN9O5. The number of halogens is 1. The van der Waals surface area contributed by atoms with E-state index in [1.807, 2.05) is 66.9 Å². The molecule has 1 aliphatic rings. The number of carbonyl (C=O) groups is 1. The number of ether oxygens (including phenoxy) is 1. The molecule has 1 saturated heterocycles. The second-order valence-corrected chi connectivity index (χ2v) is 14.9. The van der Waals surface area contributed by atoms with Gasteiger partial charge in [-0.1, -0.05) is 50.8 Å². The van der Waals surface area contributed by atoms with E-state index < -0.39 is 17.6 Å². The summed E-state index contributed by atoms with van der Waals surface area (Å²) < 4.78 is 31.3. The molecule has 302 valence electrons. The van der Waals surface area contributed by atoms with Crippen molar-refractivity contribution in [2.75, 3.05) is 42.7 Å². The molecule has 1 amide bonds. The van der Waals surface area contributed by atoms with Gasteiger partial charge in [0.1, 0.15) is 5.75 Å². The van der Waals surface area contributed by atoms with Gasteiger partial charge in [0.2, 0.25) is 11.9 Å². The molecule has 0 aliphatic carbocycles. The lowest BCUT2D eigenvalue weighted by Crippen LogP contribution is -2.35. The van der Waals surface area contributed by atoms with Crippen molar-refractivity contribution in [2.24, 2.45) is 5.92 Å². The van der Waals surface area contributed by atoms with E-state index in [9.17, 15) is 14.0 Å². The summed E-state index contributed by atoms with van der Waals surface area (Å²) >= 11 is 0. The van der Waals surface area contributed by atoms with Gasteiger partial charge in [0.15, 0.2) is 23.0 Å². The zero-order chi connectivity index (χ0) is 41.0. The van der Waals surface area contributed by atoms with E-state index >= 15 is 0 Å². The quantitative estimate of drug-likeness (QED) is 0.0909. The summed E-state index contributed by atoms with van der Waals surface area (Å²) in [7, 11) is 1.61. The first-order chi connectivity index (χ1) is 28.6. The number of hydrogen-bond acceptors (Lipinski definition) is 12. The van der Waals surface area contributed by atoms with Gasteiger partial charge >= 0.3 is 5.82 Å². The second kappa shape index (κ2) is 16.9. The van der Waals surface area contributed by atoms with E-state index in [-0.39, 0.29) is 5.92 Å². The Balaban J connectivity index is 0.958. The average molecular weight is 798 g/mol. The lowest BCUT2D eigenvalue weighted by molar-refractivity contribution is -0.114. The number of aromatic nitrogens is 5. The number of piperidine rings is 1. The summed E-state index contributed by atoms with van der Waals surface area (Å²) in [5.74, 6) is 0.651. The van der Waals surface area contributed by atoms with Crippen LogP contribution in [0.3, 0.4) is 0 Å². The van der Waals surface area contributed by atoms with Crippen molar-refractivity contribution in [2.45, 2.75) is 45.7 Å². The fourth-order valence-electron chi connectivity index (χ4n) is 7.41. The van der Waals surface area contributed by atoms with Crippen molar-refractivity contribution in [3.63, 3.8) is 0 Å². The molecule has 0 bridgehead atoms. The summed E-state index contributed by atoms with van der Waals surface area (Å²) in [4.78, 5) is 40.9. The third-order valence-corrected chi connectivity index (χ3v) is 10.6. The number of likely N-dealkylation sites (tertiary alicyclic amines) is 1. The van der Waals surface area contributed by atoms with Gasteiger partial charge in [-0.2, -0.15) is 19.6 Å². The van der Waals surface area contributed by atoms with Gasteiger partial charge in [-0.3, -0.25) is 14.7 Å². The standard InChI is InChI=1S/C44H44FN9O5/c1-26(2)36-24-49-54-40(36)51-42(47-22-28-16-19-53(20-17-28)25-37-39(59-44(56)58-37)29-9-12-33(57-4)13-10-29)52-43(54)48-23-31-7-5-6-8-34(31)38-35-14-11-32(50-41(55)27(3)45)21-30(35)15-18-46-38/h5-15,18,21,24,26,28H,3,16-17,19-20,22-23,25H2,1-2,4H3,(H,50,55)(H2,47,48,51,52). The molecule has 5 heterocycles. The largest absolute Gasteiger partial charge is 0.519 e. The highest BCUT2D eigenvalue weighted by atomic mass is 19.1. The molecule has 0 atom stereocenters. The smallest absolute Gasteiger partial charge is 0.497 e. The highest BCUT2D eigenvalue weighted by molar-refractivity contribution is 6.04. The van der Waals surface area contributed by atoms with Gasteiger partial charge in [0, 0.05) is 47.1 Å². The van der Waals surface area contributed by atoms with Crippen LogP contribution >= 0.6 is 0 Å². The van der Waals surface area contributed by atoms with Crippen LogP contribution in [0.2, 0.25) is 0 Å². The number of carbonyl (C=O) groups excluding carboxylic acids is 1. The summed E-state index contributed by atoms with van der Waals surface area (Å²) in [6.07, 6.45) is 5.43. The van der Waals surface area contributed by atoms with E-state index in [2.05, 4.69) is 46.4 Å². The fraction of sp³-hybridized carbons (Fsp3) is 0.273. The lowest BCUT2D eigenvalue weighted by Gasteiger charge is -2.31. The zero-order valence-electron chi connectivity index (χ0n) is 33.0. The van der Waals surface area contributed by atoms with Crippen LogP contribution in [-0.2, 0) is 17.9 Å². The molecule has 0 spiro atoms. The Morgan fingerprint density at radius 2 is 1.81 bits per heavy atom. The topological polar surface area (TPSA) is 165 Å². The average Bonchev–Trinajstić information content (AvgIpc) is 3.85. The molecule has 4 aromatic heterocycles. The first kappa shape index (κ1) is 39.0. The maximum absolute atomic E-state index is 13.4. The third-order valence-electron chi connectivity index (χ3n) is 10.6. The molecular weight excluding hydrogens is 754 g/mol. The number of pyridine rings is 1. The second-order valence-electron chi connectivity index (χ2n) is 14.9. The molecule has 0 saturated carbocycles. The summed E-state index contributed by atoms with van der Waals surface area (Å²) in [6, 6.07) is 22.6. The monoisotopic (exact) mass is 797 g/mol. The third kappa shape index (κ3) is 8.55. The van der Waals surface area contributed by atoms with Gasteiger partial charge < -0.3 is 29.5 Å². The van der Waals surface area contributed by atoms with Crippen LogP contribution < -0.4 is 26.5 Å². The number of methoxy groups -OCH3 is 1. The van der Waals surface area contributed by atoms with Crippen LogP contribution in [0.5, 0.6) is 5.75 Å². The van der Waals surface area contributed by atoms with Crippen molar-refractivity contribution < 1.29 is 22.8 Å². The van der Waals surface area contributed by atoms with Crippen LogP contribution in [0.15, 0.2) is 111 Å². The number of fused-ring (bicyclic) bond motifs is 2. The molecule has 0 unspecified atom stereocenters. The molecule has 3 N–H and O–H groups in total. The fourth-order valence-corrected chi connectivity index (χ4v) is 7.41. The molecule has 1 aliphatic heterocycles. The van der Waals surface area contributed by atoms with Gasteiger partial charge in [0.25, 0.3) is 5.91 Å². The Bertz CT molecular complexity index is 2700. The Kier molecular flexibility index (Phi) is 11.2. The summed E-state index contributed by atoms with van der Waals surface area (Å²) in [5.41, 5.74) is 5.62. The van der Waals surface area contributed by atoms with E-state index in [0.29, 0.717) is 60.4 Å². The van der Waals surface area contributed by atoms with Crippen LogP contribution in [-0.4, -0.2) is 62.1 Å². The van der Waals surface area contributed by atoms with Crippen molar-refractivity contribution in [3.8, 4) is 28.3 Å². The predicted octanol–water partition coefficient (Wildman–Crippen LogP) is 8.04. The van der Waals surface area contributed by atoms with Crippen molar-refractivity contribution >= 4 is 39.9 Å². The maximum atomic E-state index is 13.4. The summed E-state index contributed by atoms with van der Waals surface area (Å²) in [6.45, 7) is 10.5. The first-order valence-corrected chi connectivity index (χ1v) is 19.5. The normalized spacial score (nSPS) is 13.6. The Morgan fingerprint density at radius 1 is 1.02 bits per heavy atom. The molecule has 8 rings (SSSR count). The minimum absolute atomic E-state index is 0.195. The van der Waals surface area contributed by atoms with Crippen LogP contribution in [0.4, 0.5) is 22.0 Å². The van der Waals surface area contributed by atoms with Gasteiger partial charge in [-0.25, -0.2) is 9.18 Å². The Morgan fingerprint density at radius 3 is 2.58 bits per heavy atom. The van der Waals surface area contributed by atoms with Gasteiger partial charge in [0.05, 0.1) is 25.5 Å². The number of benzene rings is 3. The van der Waals surface area contributed by atoms with Crippen molar-refractivity contribution in [3.05, 3.63) is 125 Å². The molecule has 3 aromatic carbocycles. The van der Waals surface area contributed by atoms with E-state index in [4.69, 9.17) is 28.5 Å². The number of rotatable bonds is 14. The molecule has 1 fully saturated rings. The maximum Gasteiger partial charge on any atom is 0.519 e. The van der Waals surface area contributed by atoms with Crippen LogP contribution in [0.25, 0.3) is 39.0 Å². The Hall–Kier alpha value is -6.87. The SMILES string of the molecule is C=C(F)C(=O)Nc1ccc2c(-c3ccccc3CNc3nc(NCC4CCN(Cc5oc(=O)oc5-c5ccc(OC)cc5)CC4)nc4c(C(C)C)cnn34)nccc2c1. The molecule has 0 radical (unpaired) electrons. The number of nitrogens with zero attached hydrogens (tertiary/aromatic N) is 6. The highest BCUT2D eigenvalue weighted by Gasteiger charge is 2.24. The minimum atomic E-state index is -1.06. The summed E-state index contributed by atoms with van der Waals surface area (Å²) in [5, 5.41) is 15.9. The lowest BCUT2D eigenvalue weighted by atomic mass is 9.96. The number of amides is 1. The molecule has 59 heavy (non-hydrogen) atoms. The Labute approximate surface area is 339 Å². The van der Waals surface area contributed by atoms with E-state index in [1.54, 1.807) is 30.0 Å². The zero-order valence-corrected chi connectivity index (χ0v) is 33.0. The minimum Gasteiger partial charge on any atom is -0.497 e. The number of nitrogens with one attached hydrogen (secondary N) is 3. The highest BCUT2D eigenvalue weighted by Crippen LogP contribution is 2.32. The van der Waals surface area contributed by atoms with Gasteiger partial charge in [-0.15, -0.1) is 0 Å². The van der Waals surface area contributed by atoms with E-state index in [1.165, 1.54) is 0 Å². The van der Waals surface area contributed by atoms with Crippen molar-refractivity contribution in [1.82, 2.24) is 29.5 Å². The van der Waals surface area contributed by atoms with Crippen molar-refractivity contribution in [1.29, 1.82) is 0 Å². The van der Waals surface area contributed by atoms with Gasteiger partial charge in [-0.05, 0) is 91.2 Å². The molecule has 15 heteroatoms. The number of anilines is 3. The van der Waals surface area contributed by atoms with Crippen LogP contribution in [0, 0.1) is 5.92 Å². The first-order valence-electron chi connectivity index (χ1n) is 19.5.